The average Bonchev–Trinajstić information content (AvgIpc) is 2.91. The van der Waals surface area contributed by atoms with Crippen molar-refractivity contribution in [2.24, 2.45) is 22.1 Å². The van der Waals surface area contributed by atoms with Crippen LogP contribution < -0.4 is 5.56 Å². The van der Waals surface area contributed by atoms with E-state index in [1.54, 1.807) is 24.3 Å². The highest BCUT2D eigenvalue weighted by molar-refractivity contribution is 5.95. The van der Waals surface area contributed by atoms with E-state index in [2.05, 4.69) is 42.9 Å². The standard InChI is InChI=1S/C30H43N5O3/c1-6-10-13-22(8-3)19-35(20-23(9-4)14-11-7-2)30(38)24-15-12-16-25(17-24)33-34-27-21(5)26(18-31)28(36)32-29(27)37/h12,15-17,22-23H,6-11,13-14,19-20H2,1-5H3,(H2,32,36,37). The molecule has 0 bridgehead atoms. The molecular formula is C30H43N5O3. The number of azo groups is 1. The van der Waals surface area contributed by atoms with Gasteiger partial charge in [-0.15, -0.1) is 5.11 Å². The Balaban J connectivity index is 2.35. The summed E-state index contributed by atoms with van der Waals surface area (Å²) in [4.78, 5) is 30.3. The number of hydrogen-bond acceptors (Lipinski definition) is 6. The van der Waals surface area contributed by atoms with Gasteiger partial charge in [-0.3, -0.25) is 14.6 Å². The molecule has 0 aliphatic heterocycles. The van der Waals surface area contributed by atoms with Crippen molar-refractivity contribution < 1.29 is 9.90 Å². The first-order valence-electron chi connectivity index (χ1n) is 14.0. The fourth-order valence-corrected chi connectivity index (χ4v) is 4.64. The number of unbranched alkanes of at least 4 members (excludes halogenated alkanes) is 2. The van der Waals surface area contributed by atoms with E-state index in [0.717, 1.165) is 64.5 Å². The van der Waals surface area contributed by atoms with Gasteiger partial charge in [-0.05, 0) is 49.8 Å². The van der Waals surface area contributed by atoms with E-state index >= 15 is 0 Å². The van der Waals surface area contributed by atoms with Crippen molar-refractivity contribution in [3.05, 3.63) is 51.3 Å². The first-order chi connectivity index (χ1) is 18.3. The first-order valence-corrected chi connectivity index (χ1v) is 14.0. The number of nitriles is 1. The molecule has 1 heterocycles. The first kappa shape index (κ1) is 30.8. The number of aromatic hydroxyl groups is 1. The highest BCUT2D eigenvalue weighted by atomic mass is 16.3. The molecule has 8 nitrogen and oxygen atoms in total. The third-order valence-corrected chi connectivity index (χ3v) is 7.22. The Hall–Kier alpha value is -3.47. The Bertz CT molecular complexity index is 1160. The number of nitrogens with zero attached hydrogens (tertiary/aromatic N) is 4. The summed E-state index contributed by atoms with van der Waals surface area (Å²) in [6, 6.07) is 8.82. The van der Waals surface area contributed by atoms with Crippen LogP contribution in [-0.2, 0) is 0 Å². The van der Waals surface area contributed by atoms with E-state index in [9.17, 15) is 20.0 Å². The van der Waals surface area contributed by atoms with Crippen LogP contribution in [0, 0.1) is 30.1 Å². The maximum absolute atomic E-state index is 13.8. The predicted octanol–water partition coefficient (Wildman–Crippen LogP) is 7.55. The van der Waals surface area contributed by atoms with Crippen molar-refractivity contribution in [2.45, 2.75) is 86.0 Å². The fourth-order valence-electron chi connectivity index (χ4n) is 4.64. The van der Waals surface area contributed by atoms with Gasteiger partial charge in [0, 0.05) is 24.2 Å². The molecule has 2 N–H and O–H groups in total. The van der Waals surface area contributed by atoms with Crippen molar-refractivity contribution in [1.82, 2.24) is 9.88 Å². The third kappa shape index (κ3) is 8.54. The topological polar surface area (TPSA) is 122 Å². The van der Waals surface area contributed by atoms with Crippen molar-refractivity contribution in [3.63, 3.8) is 0 Å². The second kappa shape index (κ2) is 15.7. The highest BCUT2D eigenvalue weighted by Crippen LogP contribution is 2.26. The molecule has 0 saturated carbocycles. The van der Waals surface area contributed by atoms with Crippen LogP contribution in [0.25, 0.3) is 0 Å². The van der Waals surface area contributed by atoms with Gasteiger partial charge >= 0.3 is 0 Å². The van der Waals surface area contributed by atoms with Gasteiger partial charge in [0.2, 0.25) is 5.88 Å². The number of nitrogens with one attached hydrogen (secondary N) is 1. The van der Waals surface area contributed by atoms with E-state index in [1.807, 2.05) is 11.0 Å². The summed E-state index contributed by atoms with van der Waals surface area (Å²) in [7, 11) is 0. The molecule has 1 amide bonds. The Morgan fingerprint density at radius 3 is 2.18 bits per heavy atom. The minimum Gasteiger partial charge on any atom is -0.494 e. The maximum atomic E-state index is 13.8. The lowest BCUT2D eigenvalue weighted by Gasteiger charge is -2.31. The molecule has 0 radical (unpaired) electrons. The summed E-state index contributed by atoms with van der Waals surface area (Å²) in [5.41, 5.74) is 0.451. The van der Waals surface area contributed by atoms with Crippen LogP contribution in [-0.4, -0.2) is 34.0 Å². The van der Waals surface area contributed by atoms with E-state index in [4.69, 9.17) is 0 Å². The van der Waals surface area contributed by atoms with Gasteiger partial charge in [0.05, 0.1) is 5.69 Å². The zero-order valence-electron chi connectivity index (χ0n) is 23.6. The highest BCUT2D eigenvalue weighted by Gasteiger charge is 2.23. The van der Waals surface area contributed by atoms with Crippen LogP contribution in [0.2, 0.25) is 0 Å². The van der Waals surface area contributed by atoms with Crippen molar-refractivity contribution in [2.75, 3.05) is 13.1 Å². The van der Waals surface area contributed by atoms with Crippen LogP contribution in [0.4, 0.5) is 11.4 Å². The number of H-pyrrole nitrogens is 1. The molecule has 0 saturated heterocycles. The van der Waals surface area contributed by atoms with Crippen molar-refractivity contribution >= 4 is 17.3 Å². The minimum absolute atomic E-state index is 0.0163. The molecule has 2 rings (SSSR count). The van der Waals surface area contributed by atoms with Gasteiger partial charge in [0.1, 0.15) is 11.6 Å². The lowest BCUT2D eigenvalue weighted by molar-refractivity contribution is 0.0685. The Labute approximate surface area is 226 Å². The van der Waals surface area contributed by atoms with Crippen LogP contribution in [0.1, 0.15) is 101 Å². The molecule has 0 fully saturated rings. The average molecular weight is 522 g/mol. The van der Waals surface area contributed by atoms with Gasteiger partial charge in [0.15, 0.2) is 5.69 Å². The molecular weight excluding hydrogens is 478 g/mol. The monoisotopic (exact) mass is 521 g/mol. The molecule has 8 heteroatoms. The quantitative estimate of drug-likeness (QED) is 0.235. The summed E-state index contributed by atoms with van der Waals surface area (Å²) < 4.78 is 0. The van der Waals surface area contributed by atoms with Crippen molar-refractivity contribution in [1.29, 1.82) is 5.26 Å². The van der Waals surface area contributed by atoms with E-state index in [1.165, 1.54) is 6.92 Å². The van der Waals surface area contributed by atoms with Gasteiger partial charge in [-0.2, -0.15) is 10.4 Å². The van der Waals surface area contributed by atoms with Crippen LogP contribution in [0.3, 0.4) is 0 Å². The Kier molecular flexibility index (Phi) is 12.7. The molecule has 2 unspecified atom stereocenters. The predicted molar refractivity (Wildman–Crippen MR) is 151 cm³/mol. The molecule has 0 spiro atoms. The summed E-state index contributed by atoms with van der Waals surface area (Å²) in [5.74, 6) is 0.417. The number of pyridine rings is 1. The number of benzene rings is 1. The second-order valence-corrected chi connectivity index (χ2v) is 10.1. The number of hydrogen-bond donors (Lipinski definition) is 2. The summed E-state index contributed by atoms with van der Waals surface area (Å²) in [6.07, 6.45) is 8.91. The zero-order valence-corrected chi connectivity index (χ0v) is 23.6. The fraction of sp³-hybridized carbons (Fsp3) is 0.567. The number of amides is 1. The minimum atomic E-state index is -0.642. The van der Waals surface area contributed by atoms with Crippen molar-refractivity contribution in [3.8, 4) is 11.9 Å². The third-order valence-electron chi connectivity index (χ3n) is 7.22. The summed E-state index contributed by atoms with van der Waals surface area (Å²) in [5, 5.41) is 27.3. The Morgan fingerprint density at radius 1 is 1.05 bits per heavy atom. The number of rotatable bonds is 15. The maximum Gasteiger partial charge on any atom is 0.278 e. The molecule has 0 aliphatic carbocycles. The summed E-state index contributed by atoms with van der Waals surface area (Å²) in [6.45, 7) is 11.8. The van der Waals surface area contributed by atoms with E-state index < -0.39 is 11.4 Å². The van der Waals surface area contributed by atoms with Gasteiger partial charge < -0.3 is 10.0 Å². The lowest BCUT2D eigenvalue weighted by Crippen LogP contribution is -2.39. The van der Waals surface area contributed by atoms with E-state index in [0.29, 0.717) is 23.1 Å². The smallest absolute Gasteiger partial charge is 0.278 e. The Morgan fingerprint density at radius 2 is 1.66 bits per heavy atom. The van der Waals surface area contributed by atoms with Gasteiger partial charge in [0.25, 0.3) is 11.5 Å². The van der Waals surface area contributed by atoms with E-state index in [-0.39, 0.29) is 22.7 Å². The van der Waals surface area contributed by atoms with Gasteiger partial charge in [-0.1, -0.05) is 72.3 Å². The molecule has 1 aromatic carbocycles. The van der Waals surface area contributed by atoms with Crippen LogP contribution >= 0.6 is 0 Å². The molecule has 2 aromatic rings. The number of carbonyl (C=O) groups excluding carboxylic acids is 1. The van der Waals surface area contributed by atoms with Crippen LogP contribution in [0.5, 0.6) is 5.88 Å². The van der Waals surface area contributed by atoms with Gasteiger partial charge in [-0.25, -0.2) is 0 Å². The molecule has 206 valence electrons. The second-order valence-electron chi connectivity index (χ2n) is 10.1. The normalized spacial score (nSPS) is 12.8. The SMILES string of the molecule is CCCCC(CC)CN(CC(CC)CCCC)C(=O)c1cccc(N=Nc2c(C)c(C#N)c(O)[nH]c2=O)c1. The number of aromatic amines is 1. The molecule has 0 aliphatic rings. The number of aromatic nitrogens is 1. The molecule has 38 heavy (non-hydrogen) atoms. The largest absolute Gasteiger partial charge is 0.494 e. The van der Waals surface area contributed by atoms with Crippen LogP contribution in [0.15, 0.2) is 39.3 Å². The number of carbonyl (C=O) groups is 1. The zero-order chi connectivity index (χ0) is 28.1. The molecule has 1 aromatic heterocycles. The summed E-state index contributed by atoms with van der Waals surface area (Å²) >= 11 is 0. The lowest BCUT2D eigenvalue weighted by atomic mass is 9.95. The molecule has 2 atom stereocenters.